The largest absolute Gasteiger partial charge is 0.484 e. The van der Waals surface area contributed by atoms with Crippen LogP contribution in [-0.2, 0) is 11.2 Å². The van der Waals surface area contributed by atoms with E-state index in [-0.39, 0.29) is 18.3 Å². The fourth-order valence-corrected chi connectivity index (χ4v) is 2.18. The summed E-state index contributed by atoms with van der Waals surface area (Å²) in [6, 6.07) is 12.2. The van der Waals surface area contributed by atoms with Gasteiger partial charge in [0, 0.05) is 25.4 Å². The number of nitrogens with zero attached hydrogens (tertiary/aromatic N) is 2. The number of ether oxygens (including phenoxy) is 1. The highest BCUT2D eigenvalue weighted by Gasteiger charge is 2.05. The average Bonchev–Trinajstić information content (AvgIpc) is 2.95. The van der Waals surface area contributed by atoms with Crippen LogP contribution < -0.4 is 10.1 Å². The summed E-state index contributed by atoms with van der Waals surface area (Å²) in [5, 5.41) is 2.77. The Labute approximate surface area is 132 Å². The van der Waals surface area contributed by atoms with Crippen molar-refractivity contribution in [2.75, 3.05) is 13.2 Å². The van der Waals surface area contributed by atoms with Crippen molar-refractivity contribution in [3.05, 3.63) is 66.4 Å². The first-order valence-electron chi connectivity index (χ1n) is 7.28. The van der Waals surface area contributed by atoms with Gasteiger partial charge < -0.3 is 14.5 Å². The molecule has 1 N–H and O–H groups in total. The Morgan fingerprint density at radius 3 is 2.83 bits per heavy atom. The summed E-state index contributed by atoms with van der Waals surface area (Å²) in [7, 11) is 0. The number of hydrogen-bond acceptors (Lipinski definition) is 3. The molecule has 1 amide bonds. The lowest BCUT2D eigenvalue weighted by Crippen LogP contribution is -2.30. The van der Waals surface area contributed by atoms with Crippen LogP contribution in [0.1, 0.15) is 5.69 Å². The number of hydrogen-bond donors (Lipinski definition) is 1. The van der Waals surface area contributed by atoms with Crippen molar-refractivity contribution in [1.82, 2.24) is 14.7 Å². The van der Waals surface area contributed by atoms with Gasteiger partial charge in [0.2, 0.25) is 0 Å². The highest BCUT2D eigenvalue weighted by atomic mass is 19.1. The van der Waals surface area contributed by atoms with E-state index in [1.807, 2.05) is 18.2 Å². The van der Waals surface area contributed by atoms with Gasteiger partial charge in [-0.3, -0.25) is 4.79 Å². The van der Waals surface area contributed by atoms with Gasteiger partial charge in [0.1, 0.15) is 17.2 Å². The van der Waals surface area contributed by atoms with Crippen LogP contribution in [0.4, 0.5) is 4.39 Å². The van der Waals surface area contributed by atoms with Crippen molar-refractivity contribution < 1.29 is 13.9 Å². The molecule has 3 rings (SSSR count). The number of pyridine rings is 1. The number of fused-ring (bicyclic) bond motifs is 1. The summed E-state index contributed by atoms with van der Waals surface area (Å²) in [6.45, 7) is 0.420. The number of nitrogens with one attached hydrogen (secondary N) is 1. The molecule has 5 nitrogen and oxygen atoms in total. The van der Waals surface area contributed by atoms with E-state index in [1.54, 1.807) is 28.8 Å². The van der Waals surface area contributed by atoms with E-state index in [0.717, 1.165) is 5.69 Å². The molecule has 1 aromatic carbocycles. The Hall–Kier alpha value is -2.89. The summed E-state index contributed by atoms with van der Waals surface area (Å²) in [4.78, 5) is 16.1. The van der Waals surface area contributed by atoms with Crippen LogP contribution in [0, 0.1) is 5.82 Å². The van der Waals surface area contributed by atoms with Gasteiger partial charge in [-0.05, 0) is 24.3 Å². The molecular weight excluding hydrogens is 297 g/mol. The maximum absolute atomic E-state index is 13.1. The SMILES string of the molecule is O=C(COc1ccccc1)NCCc1cn2cc(F)ccc2n1. The molecule has 0 aliphatic rings. The molecule has 2 aromatic heterocycles. The van der Waals surface area contributed by atoms with Crippen molar-refractivity contribution in [2.45, 2.75) is 6.42 Å². The quantitative estimate of drug-likeness (QED) is 0.759. The fourth-order valence-electron chi connectivity index (χ4n) is 2.18. The smallest absolute Gasteiger partial charge is 0.257 e. The van der Waals surface area contributed by atoms with Crippen LogP contribution in [0.3, 0.4) is 0 Å². The molecule has 6 heteroatoms. The van der Waals surface area contributed by atoms with E-state index in [2.05, 4.69) is 10.3 Å². The standard InChI is InChI=1S/C17H16FN3O2/c18-13-6-7-16-20-14(11-21(16)10-13)8-9-19-17(22)12-23-15-4-2-1-3-5-15/h1-7,10-11H,8-9,12H2,(H,19,22). The predicted molar refractivity (Wildman–Crippen MR) is 83.8 cm³/mol. The van der Waals surface area contributed by atoms with Crippen molar-refractivity contribution in [3.63, 3.8) is 0 Å². The molecule has 0 saturated heterocycles. The summed E-state index contributed by atoms with van der Waals surface area (Å²) in [5.41, 5.74) is 1.47. The monoisotopic (exact) mass is 313 g/mol. The molecule has 3 aromatic rings. The van der Waals surface area contributed by atoms with Crippen LogP contribution in [0.2, 0.25) is 0 Å². The fraction of sp³-hybridized carbons (Fsp3) is 0.176. The first-order valence-corrected chi connectivity index (χ1v) is 7.28. The van der Waals surface area contributed by atoms with E-state index >= 15 is 0 Å². The Kier molecular flexibility index (Phi) is 4.52. The number of carbonyl (C=O) groups excluding carboxylic acids is 1. The van der Waals surface area contributed by atoms with Gasteiger partial charge in [0.15, 0.2) is 6.61 Å². The molecule has 0 aliphatic heterocycles. The number of amides is 1. The zero-order valence-corrected chi connectivity index (χ0v) is 12.4. The molecule has 0 fully saturated rings. The number of rotatable bonds is 6. The summed E-state index contributed by atoms with van der Waals surface area (Å²) < 4.78 is 20.1. The van der Waals surface area contributed by atoms with Crippen LogP contribution >= 0.6 is 0 Å². The average molecular weight is 313 g/mol. The molecule has 0 atom stereocenters. The molecule has 0 aliphatic carbocycles. The zero-order chi connectivity index (χ0) is 16.1. The molecule has 0 saturated carbocycles. The minimum atomic E-state index is -0.312. The second-order valence-corrected chi connectivity index (χ2v) is 5.05. The topological polar surface area (TPSA) is 55.6 Å². The normalized spacial score (nSPS) is 10.7. The highest BCUT2D eigenvalue weighted by molar-refractivity contribution is 5.77. The van der Waals surface area contributed by atoms with Crippen molar-refractivity contribution in [2.24, 2.45) is 0 Å². The molecule has 0 spiro atoms. The van der Waals surface area contributed by atoms with Crippen LogP contribution in [0.15, 0.2) is 54.9 Å². The molecule has 0 bridgehead atoms. The summed E-state index contributed by atoms with van der Waals surface area (Å²) in [5.74, 6) is 0.154. The molecule has 118 valence electrons. The first kappa shape index (κ1) is 15.0. The molecule has 23 heavy (non-hydrogen) atoms. The third-order valence-electron chi connectivity index (χ3n) is 3.28. The van der Waals surface area contributed by atoms with Gasteiger partial charge in [-0.25, -0.2) is 9.37 Å². The van der Waals surface area contributed by atoms with Crippen molar-refractivity contribution >= 4 is 11.6 Å². The van der Waals surface area contributed by atoms with Gasteiger partial charge in [-0.15, -0.1) is 0 Å². The highest BCUT2D eigenvalue weighted by Crippen LogP contribution is 2.08. The van der Waals surface area contributed by atoms with Crippen molar-refractivity contribution in [1.29, 1.82) is 0 Å². The maximum atomic E-state index is 13.1. The lowest BCUT2D eigenvalue weighted by atomic mass is 10.3. The third-order valence-corrected chi connectivity index (χ3v) is 3.28. The van der Waals surface area contributed by atoms with Crippen LogP contribution in [-0.4, -0.2) is 28.4 Å². The minimum Gasteiger partial charge on any atom is -0.484 e. The van der Waals surface area contributed by atoms with E-state index in [9.17, 15) is 9.18 Å². The van der Waals surface area contributed by atoms with Crippen LogP contribution in [0.5, 0.6) is 5.75 Å². The van der Waals surface area contributed by atoms with E-state index in [4.69, 9.17) is 4.74 Å². The second-order valence-electron chi connectivity index (χ2n) is 5.05. The number of benzene rings is 1. The van der Waals surface area contributed by atoms with Crippen LogP contribution in [0.25, 0.3) is 5.65 Å². The minimum absolute atomic E-state index is 0.0274. The molecule has 0 radical (unpaired) electrons. The summed E-state index contributed by atoms with van der Waals surface area (Å²) >= 11 is 0. The maximum Gasteiger partial charge on any atom is 0.257 e. The number of para-hydroxylation sites is 1. The summed E-state index contributed by atoms with van der Waals surface area (Å²) in [6.07, 6.45) is 3.70. The van der Waals surface area contributed by atoms with E-state index in [0.29, 0.717) is 24.4 Å². The third kappa shape index (κ3) is 4.06. The Morgan fingerprint density at radius 1 is 1.17 bits per heavy atom. The van der Waals surface area contributed by atoms with Gasteiger partial charge in [0.05, 0.1) is 5.69 Å². The second kappa shape index (κ2) is 6.91. The lowest BCUT2D eigenvalue weighted by molar-refractivity contribution is -0.123. The van der Waals surface area contributed by atoms with Crippen molar-refractivity contribution in [3.8, 4) is 5.75 Å². The number of imidazole rings is 1. The van der Waals surface area contributed by atoms with Gasteiger partial charge in [-0.2, -0.15) is 0 Å². The molecule has 0 unspecified atom stereocenters. The first-order chi connectivity index (χ1) is 11.2. The predicted octanol–water partition coefficient (Wildman–Crippen LogP) is 2.21. The van der Waals surface area contributed by atoms with Gasteiger partial charge in [0.25, 0.3) is 5.91 Å². The lowest BCUT2D eigenvalue weighted by Gasteiger charge is -2.06. The van der Waals surface area contributed by atoms with Gasteiger partial charge >= 0.3 is 0 Å². The van der Waals surface area contributed by atoms with E-state index in [1.165, 1.54) is 12.3 Å². The molecular formula is C17H16FN3O2. The Bertz CT molecular complexity index is 802. The molecule has 2 heterocycles. The Balaban J connectivity index is 1.45. The van der Waals surface area contributed by atoms with Gasteiger partial charge in [-0.1, -0.05) is 18.2 Å². The Morgan fingerprint density at radius 2 is 2.00 bits per heavy atom. The van der Waals surface area contributed by atoms with E-state index < -0.39 is 0 Å². The zero-order valence-electron chi connectivity index (χ0n) is 12.4. The number of aromatic nitrogens is 2. The number of halogens is 1. The number of carbonyl (C=O) groups is 1.